The SMILES string of the molecule is O=C1CCCN1C[C@H]1CCCCN1C(=O)Nc1cccc(Cl)c1. The summed E-state index contributed by atoms with van der Waals surface area (Å²) in [5.74, 6) is 0.214. The van der Waals surface area contributed by atoms with Crippen LogP contribution in [-0.2, 0) is 4.79 Å². The highest BCUT2D eigenvalue weighted by atomic mass is 35.5. The first-order valence-electron chi connectivity index (χ1n) is 8.24. The lowest BCUT2D eigenvalue weighted by molar-refractivity contribution is -0.128. The van der Waals surface area contributed by atoms with Crippen LogP contribution in [0.5, 0.6) is 0 Å². The molecular formula is C17H22ClN3O2. The van der Waals surface area contributed by atoms with E-state index in [4.69, 9.17) is 11.6 Å². The zero-order valence-electron chi connectivity index (χ0n) is 13.1. The molecule has 1 aromatic rings. The molecule has 23 heavy (non-hydrogen) atoms. The van der Waals surface area contributed by atoms with E-state index in [0.29, 0.717) is 23.7 Å². The third-order valence-corrected chi connectivity index (χ3v) is 4.80. The minimum absolute atomic E-state index is 0.102. The van der Waals surface area contributed by atoms with Gasteiger partial charge in [0.05, 0.1) is 6.04 Å². The summed E-state index contributed by atoms with van der Waals surface area (Å²) in [4.78, 5) is 28.2. The van der Waals surface area contributed by atoms with Crippen molar-refractivity contribution in [2.75, 3.05) is 25.0 Å². The molecule has 3 rings (SSSR count). The highest BCUT2D eigenvalue weighted by Gasteiger charge is 2.31. The average molecular weight is 336 g/mol. The van der Waals surface area contributed by atoms with E-state index in [1.165, 1.54) is 0 Å². The van der Waals surface area contributed by atoms with E-state index in [0.717, 1.165) is 38.8 Å². The van der Waals surface area contributed by atoms with E-state index >= 15 is 0 Å². The highest BCUT2D eigenvalue weighted by molar-refractivity contribution is 6.30. The molecular weight excluding hydrogens is 314 g/mol. The Hall–Kier alpha value is -1.75. The van der Waals surface area contributed by atoms with Crippen LogP contribution in [-0.4, -0.2) is 47.4 Å². The summed E-state index contributed by atoms with van der Waals surface area (Å²) in [7, 11) is 0. The Morgan fingerprint density at radius 2 is 2.13 bits per heavy atom. The Morgan fingerprint density at radius 3 is 2.87 bits per heavy atom. The molecule has 0 unspecified atom stereocenters. The lowest BCUT2D eigenvalue weighted by Crippen LogP contribution is -2.51. The van der Waals surface area contributed by atoms with E-state index in [1.54, 1.807) is 12.1 Å². The van der Waals surface area contributed by atoms with Crippen LogP contribution < -0.4 is 5.32 Å². The quantitative estimate of drug-likeness (QED) is 0.921. The molecule has 0 bridgehead atoms. The summed E-state index contributed by atoms with van der Waals surface area (Å²) in [6.07, 6.45) is 4.63. The number of hydrogen-bond donors (Lipinski definition) is 1. The van der Waals surface area contributed by atoms with Gasteiger partial charge in [0.25, 0.3) is 0 Å². The molecule has 1 N–H and O–H groups in total. The van der Waals surface area contributed by atoms with Crippen molar-refractivity contribution in [3.05, 3.63) is 29.3 Å². The van der Waals surface area contributed by atoms with E-state index < -0.39 is 0 Å². The van der Waals surface area contributed by atoms with Gasteiger partial charge in [0.15, 0.2) is 0 Å². The summed E-state index contributed by atoms with van der Waals surface area (Å²) in [5.41, 5.74) is 0.698. The number of nitrogens with one attached hydrogen (secondary N) is 1. The van der Waals surface area contributed by atoms with E-state index in [2.05, 4.69) is 5.32 Å². The topological polar surface area (TPSA) is 52.7 Å². The van der Waals surface area contributed by atoms with Crippen LogP contribution in [0.15, 0.2) is 24.3 Å². The largest absolute Gasteiger partial charge is 0.341 e. The predicted molar refractivity (Wildman–Crippen MR) is 90.6 cm³/mol. The fourth-order valence-electron chi connectivity index (χ4n) is 3.37. The Kier molecular flexibility index (Phi) is 5.06. The van der Waals surface area contributed by atoms with Crippen molar-refractivity contribution in [3.8, 4) is 0 Å². The van der Waals surface area contributed by atoms with Gasteiger partial charge in [-0.3, -0.25) is 4.79 Å². The molecule has 2 aliphatic rings. The maximum atomic E-state index is 12.6. The molecule has 3 amide bonds. The smallest absolute Gasteiger partial charge is 0.322 e. The fourth-order valence-corrected chi connectivity index (χ4v) is 3.56. The lowest BCUT2D eigenvalue weighted by Gasteiger charge is -2.37. The standard InChI is InChI=1S/C17H22ClN3O2/c18-13-5-3-6-14(11-13)19-17(23)21-10-2-1-7-15(21)12-20-9-4-8-16(20)22/h3,5-6,11,15H,1-2,4,7-10,12H2,(H,19,23)/t15-/m1/s1. The van der Waals surface area contributed by atoms with Crippen molar-refractivity contribution in [1.29, 1.82) is 0 Å². The average Bonchev–Trinajstić information content (AvgIpc) is 2.93. The maximum Gasteiger partial charge on any atom is 0.322 e. The van der Waals surface area contributed by atoms with E-state index in [-0.39, 0.29) is 18.0 Å². The van der Waals surface area contributed by atoms with Gasteiger partial charge in [-0.1, -0.05) is 17.7 Å². The van der Waals surface area contributed by atoms with Crippen LogP contribution in [0.25, 0.3) is 0 Å². The van der Waals surface area contributed by atoms with Gasteiger partial charge in [-0.25, -0.2) is 4.79 Å². The zero-order chi connectivity index (χ0) is 16.2. The molecule has 0 radical (unpaired) electrons. The predicted octanol–water partition coefficient (Wildman–Crippen LogP) is 3.35. The minimum atomic E-state index is -0.108. The Labute approximate surface area is 141 Å². The van der Waals surface area contributed by atoms with Gasteiger partial charge in [-0.05, 0) is 43.9 Å². The van der Waals surface area contributed by atoms with Crippen molar-refractivity contribution >= 4 is 29.2 Å². The van der Waals surface area contributed by atoms with Gasteiger partial charge in [0, 0.05) is 36.8 Å². The molecule has 2 aliphatic heterocycles. The summed E-state index contributed by atoms with van der Waals surface area (Å²) in [6, 6.07) is 7.15. The van der Waals surface area contributed by atoms with Crippen LogP contribution in [0.3, 0.4) is 0 Å². The molecule has 0 saturated carbocycles. The molecule has 5 nitrogen and oxygen atoms in total. The van der Waals surface area contributed by atoms with Crippen LogP contribution in [0, 0.1) is 0 Å². The number of carbonyl (C=O) groups excluding carboxylic acids is 2. The van der Waals surface area contributed by atoms with Gasteiger partial charge >= 0.3 is 6.03 Å². The molecule has 2 fully saturated rings. The number of carbonyl (C=O) groups is 2. The first kappa shape index (κ1) is 16.1. The molecule has 0 aromatic heterocycles. The van der Waals surface area contributed by atoms with Gasteiger partial charge in [-0.15, -0.1) is 0 Å². The number of urea groups is 1. The molecule has 2 heterocycles. The van der Waals surface area contributed by atoms with Crippen molar-refractivity contribution < 1.29 is 9.59 Å². The number of rotatable bonds is 3. The highest BCUT2D eigenvalue weighted by Crippen LogP contribution is 2.22. The number of benzene rings is 1. The second kappa shape index (κ2) is 7.21. The van der Waals surface area contributed by atoms with Crippen LogP contribution in [0.2, 0.25) is 5.02 Å². The van der Waals surface area contributed by atoms with Gasteiger partial charge < -0.3 is 15.1 Å². The first-order chi connectivity index (χ1) is 11.1. The maximum absolute atomic E-state index is 12.6. The van der Waals surface area contributed by atoms with E-state index in [1.807, 2.05) is 21.9 Å². The molecule has 6 heteroatoms. The van der Waals surface area contributed by atoms with Crippen molar-refractivity contribution in [3.63, 3.8) is 0 Å². The summed E-state index contributed by atoms with van der Waals surface area (Å²) in [5, 5.41) is 3.52. The molecule has 1 atom stereocenters. The lowest BCUT2D eigenvalue weighted by atomic mass is 10.0. The normalized spacial score (nSPS) is 21.6. The second-order valence-electron chi connectivity index (χ2n) is 6.23. The summed E-state index contributed by atoms with van der Waals surface area (Å²) in [6.45, 7) is 2.21. The van der Waals surface area contributed by atoms with Gasteiger partial charge in [-0.2, -0.15) is 0 Å². The number of piperidine rings is 1. The van der Waals surface area contributed by atoms with E-state index in [9.17, 15) is 9.59 Å². The van der Waals surface area contributed by atoms with Crippen molar-refractivity contribution in [2.45, 2.75) is 38.1 Å². The Balaban J connectivity index is 1.65. The zero-order valence-corrected chi connectivity index (χ0v) is 13.9. The third kappa shape index (κ3) is 3.96. The molecule has 2 saturated heterocycles. The van der Waals surface area contributed by atoms with Gasteiger partial charge in [0.1, 0.15) is 0 Å². The molecule has 1 aromatic carbocycles. The van der Waals surface area contributed by atoms with Gasteiger partial charge in [0.2, 0.25) is 5.91 Å². The fraction of sp³-hybridized carbons (Fsp3) is 0.529. The number of amides is 3. The second-order valence-corrected chi connectivity index (χ2v) is 6.66. The molecule has 0 aliphatic carbocycles. The number of likely N-dealkylation sites (tertiary alicyclic amines) is 2. The van der Waals surface area contributed by atoms with Crippen LogP contribution in [0.4, 0.5) is 10.5 Å². The Morgan fingerprint density at radius 1 is 1.26 bits per heavy atom. The summed E-state index contributed by atoms with van der Waals surface area (Å²) >= 11 is 5.96. The van der Waals surface area contributed by atoms with Crippen molar-refractivity contribution in [2.24, 2.45) is 0 Å². The molecule has 124 valence electrons. The monoisotopic (exact) mass is 335 g/mol. The first-order valence-corrected chi connectivity index (χ1v) is 8.62. The number of anilines is 1. The number of hydrogen-bond acceptors (Lipinski definition) is 2. The molecule has 0 spiro atoms. The van der Waals surface area contributed by atoms with Crippen LogP contribution >= 0.6 is 11.6 Å². The number of halogens is 1. The van der Waals surface area contributed by atoms with Crippen molar-refractivity contribution in [1.82, 2.24) is 9.80 Å². The minimum Gasteiger partial charge on any atom is -0.341 e. The van der Waals surface area contributed by atoms with Crippen LogP contribution in [0.1, 0.15) is 32.1 Å². The third-order valence-electron chi connectivity index (χ3n) is 4.57. The number of nitrogens with zero attached hydrogens (tertiary/aromatic N) is 2. The Bertz CT molecular complexity index is 593. The summed E-state index contributed by atoms with van der Waals surface area (Å²) < 4.78 is 0.